The lowest BCUT2D eigenvalue weighted by molar-refractivity contribution is 1.11. The first-order valence-electron chi connectivity index (χ1n) is 3.65. The number of pyridine rings is 1. The summed E-state index contributed by atoms with van der Waals surface area (Å²) in [5.41, 5.74) is 12.1. The second-order valence-corrected chi connectivity index (χ2v) is 3.58. The van der Waals surface area contributed by atoms with Gasteiger partial charge in [-0.2, -0.15) is 0 Å². The summed E-state index contributed by atoms with van der Waals surface area (Å²) in [5.74, 6) is 0. The third-order valence-corrected chi connectivity index (χ3v) is 2.92. The fraction of sp³-hybridized carbons (Fsp3) is 0.125. The third-order valence-electron chi connectivity index (χ3n) is 1.77. The van der Waals surface area contributed by atoms with Gasteiger partial charge in [0.05, 0.1) is 5.69 Å². The number of hydrogen-bond donors (Lipinski definition) is 2. The van der Waals surface area contributed by atoms with E-state index in [0.29, 0.717) is 6.54 Å². The molecular weight excluding hydrogens is 170 g/mol. The highest BCUT2D eigenvalue weighted by Crippen LogP contribution is 2.31. The summed E-state index contributed by atoms with van der Waals surface area (Å²) in [6.45, 7) is 0.493. The Kier molecular flexibility index (Phi) is 1.71. The van der Waals surface area contributed by atoms with Crippen LogP contribution in [0.1, 0.15) is 4.88 Å². The molecule has 4 N–H and O–H groups in total. The molecule has 0 bridgehead atoms. The molecule has 0 saturated carbocycles. The van der Waals surface area contributed by atoms with E-state index in [1.807, 2.05) is 12.1 Å². The molecule has 62 valence electrons. The topological polar surface area (TPSA) is 64.9 Å². The van der Waals surface area contributed by atoms with E-state index in [4.69, 9.17) is 11.5 Å². The standard InChI is InChI=1S/C8H9N3S/c9-4-6-7(10)5-2-1-3-11-8(5)12-6/h1-3H,4,9-10H2. The number of aromatic nitrogens is 1. The van der Waals surface area contributed by atoms with E-state index in [1.165, 1.54) is 0 Å². The van der Waals surface area contributed by atoms with E-state index in [1.54, 1.807) is 17.5 Å². The van der Waals surface area contributed by atoms with Gasteiger partial charge in [-0.15, -0.1) is 11.3 Å². The minimum Gasteiger partial charge on any atom is -0.397 e. The molecule has 2 aromatic rings. The van der Waals surface area contributed by atoms with Gasteiger partial charge in [0.25, 0.3) is 0 Å². The largest absolute Gasteiger partial charge is 0.397 e. The van der Waals surface area contributed by atoms with E-state index in [2.05, 4.69) is 4.98 Å². The molecule has 0 aliphatic heterocycles. The lowest BCUT2D eigenvalue weighted by atomic mass is 10.3. The van der Waals surface area contributed by atoms with Gasteiger partial charge in [0.2, 0.25) is 0 Å². The molecule has 0 amide bonds. The summed E-state index contributed by atoms with van der Waals surface area (Å²) in [5, 5.41) is 1.02. The van der Waals surface area contributed by atoms with Gasteiger partial charge in [-0.25, -0.2) is 4.98 Å². The van der Waals surface area contributed by atoms with Crippen LogP contribution in [0.3, 0.4) is 0 Å². The smallest absolute Gasteiger partial charge is 0.125 e. The van der Waals surface area contributed by atoms with Crippen molar-refractivity contribution in [1.29, 1.82) is 0 Å². The molecule has 0 radical (unpaired) electrons. The highest BCUT2D eigenvalue weighted by molar-refractivity contribution is 7.19. The van der Waals surface area contributed by atoms with Crippen LogP contribution < -0.4 is 11.5 Å². The number of nitrogens with zero attached hydrogens (tertiary/aromatic N) is 1. The lowest BCUT2D eigenvalue weighted by Gasteiger charge is -1.91. The maximum atomic E-state index is 5.84. The van der Waals surface area contributed by atoms with E-state index >= 15 is 0 Å². The fourth-order valence-electron chi connectivity index (χ4n) is 1.15. The van der Waals surface area contributed by atoms with Crippen molar-refractivity contribution in [2.24, 2.45) is 5.73 Å². The van der Waals surface area contributed by atoms with Gasteiger partial charge < -0.3 is 11.5 Å². The van der Waals surface area contributed by atoms with Crippen molar-refractivity contribution in [3.8, 4) is 0 Å². The van der Waals surface area contributed by atoms with Crippen LogP contribution >= 0.6 is 11.3 Å². The minimum atomic E-state index is 0.493. The number of nitrogen functional groups attached to an aromatic ring is 1. The Morgan fingerprint density at radius 1 is 1.50 bits per heavy atom. The van der Waals surface area contributed by atoms with Crippen LogP contribution in [0.5, 0.6) is 0 Å². The van der Waals surface area contributed by atoms with Crippen LogP contribution in [0, 0.1) is 0 Å². The Labute approximate surface area is 74.0 Å². The lowest BCUT2D eigenvalue weighted by Crippen LogP contribution is -1.96. The van der Waals surface area contributed by atoms with Crippen LogP contribution in [0.15, 0.2) is 18.3 Å². The monoisotopic (exact) mass is 179 g/mol. The van der Waals surface area contributed by atoms with Crippen LogP contribution in [0.4, 0.5) is 5.69 Å². The summed E-state index contributed by atoms with van der Waals surface area (Å²) in [6, 6.07) is 3.85. The zero-order chi connectivity index (χ0) is 8.55. The molecule has 0 aliphatic carbocycles. The average Bonchev–Trinajstić information content (AvgIpc) is 2.44. The Morgan fingerprint density at radius 2 is 2.33 bits per heavy atom. The quantitative estimate of drug-likeness (QED) is 0.694. The number of anilines is 1. The van der Waals surface area contributed by atoms with Crippen molar-refractivity contribution in [3.05, 3.63) is 23.2 Å². The SMILES string of the molecule is NCc1sc2ncccc2c1N. The van der Waals surface area contributed by atoms with Crippen molar-refractivity contribution < 1.29 is 0 Å². The van der Waals surface area contributed by atoms with Crippen molar-refractivity contribution in [3.63, 3.8) is 0 Å². The van der Waals surface area contributed by atoms with Gasteiger partial charge in [-0.05, 0) is 12.1 Å². The number of thiophene rings is 1. The van der Waals surface area contributed by atoms with Gasteiger partial charge in [-0.1, -0.05) is 0 Å². The summed E-state index contributed by atoms with van der Waals surface area (Å²) >= 11 is 1.56. The number of nitrogens with two attached hydrogens (primary N) is 2. The second kappa shape index (κ2) is 2.73. The van der Waals surface area contributed by atoms with Crippen LogP contribution in [-0.4, -0.2) is 4.98 Å². The average molecular weight is 179 g/mol. The number of rotatable bonds is 1. The molecule has 2 aromatic heterocycles. The predicted octanol–water partition coefficient (Wildman–Crippen LogP) is 1.34. The normalized spacial score (nSPS) is 10.8. The summed E-state index contributed by atoms with van der Waals surface area (Å²) in [6.07, 6.45) is 1.76. The van der Waals surface area contributed by atoms with Crippen LogP contribution in [0.2, 0.25) is 0 Å². The van der Waals surface area contributed by atoms with Gasteiger partial charge in [-0.3, -0.25) is 0 Å². The first-order valence-corrected chi connectivity index (χ1v) is 4.46. The highest BCUT2D eigenvalue weighted by Gasteiger charge is 2.06. The Bertz CT molecular complexity index is 408. The summed E-state index contributed by atoms with van der Waals surface area (Å²) < 4.78 is 0. The molecule has 0 atom stereocenters. The van der Waals surface area contributed by atoms with Gasteiger partial charge >= 0.3 is 0 Å². The van der Waals surface area contributed by atoms with E-state index in [9.17, 15) is 0 Å². The van der Waals surface area contributed by atoms with Crippen molar-refractivity contribution in [1.82, 2.24) is 4.98 Å². The first kappa shape index (κ1) is 7.52. The minimum absolute atomic E-state index is 0.493. The van der Waals surface area contributed by atoms with Crippen LogP contribution in [-0.2, 0) is 6.54 Å². The zero-order valence-corrected chi connectivity index (χ0v) is 7.27. The summed E-state index contributed by atoms with van der Waals surface area (Å²) in [4.78, 5) is 6.18. The Hall–Kier alpha value is -1.13. The maximum Gasteiger partial charge on any atom is 0.125 e. The molecule has 0 fully saturated rings. The molecule has 0 saturated heterocycles. The zero-order valence-electron chi connectivity index (χ0n) is 6.45. The van der Waals surface area contributed by atoms with Gasteiger partial charge in [0.1, 0.15) is 4.83 Å². The molecule has 12 heavy (non-hydrogen) atoms. The van der Waals surface area contributed by atoms with Crippen molar-refractivity contribution in [2.75, 3.05) is 5.73 Å². The van der Waals surface area contributed by atoms with Gasteiger partial charge in [0, 0.05) is 23.0 Å². The molecule has 0 spiro atoms. The van der Waals surface area contributed by atoms with E-state index in [0.717, 1.165) is 20.8 Å². The first-order chi connectivity index (χ1) is 5.83. The van der Waals surface area contributed by atoms with Gasteiger partial charge in [0.15, 0.2) is 0 Å². The fourth-order valence-corrected chi connectivity index (χ4v) is 2.09. The van der Waals surface area contributed by atoms with E-state index < -0.39 is 0 Å². The molecule has 2 heterocycles. The van der Waals surface area contributed by atoms with Crippen molar-refractivity contribution in [2.45, 2.75) is 6.54 Å². The molecule has 0 unspecified atom stereocenters. The van der Waals surface area contributed by atoms with Crippen molar-refractivity contribution >= 4 is 27.2 Å². The highest BCUT2D eigenvalue weighted by atomic mass is 32.1. The molecule has 4 heteroatoms. The molecule has 3 nitrogen and oxygen atoms in total. The van der Waals surface area contributed by atoms with E-state index in [-0.39, 0.29) is 0 Å². The number of fused-ring (bicyclic) bond motifs is 1. The summed E-state index contributed by atoms with van der Waals surface area (Å²) in [7, 11) is 0. The predicted molar refractivity (Wildman–Crippen MR) is 51.9 cm³/mol. The maximum absolute atomic E-state index is 5.84. The number of hydrogen-bond acceptors (Lipinski definition) is 4. The Morgan fingerprint density at radius 3 is 3.00 bits per heavy atom. The molecule has 2 rings (SSSR count). The Balaban J connectivity index is 2.78. The third kappa shape index (κ3) is 0.964. The molecule has 0 aliphatic rings. The molecular formula is C8H9N3S. The van der Waals surface area contributed by atoms with Crippen LogP contribution in [0.25, 0.3) is 10.2 Å². The molecule has 0 aromatic carbocycles. The second-order valence-electron chi connectivity index (χ2n) is 2.50.